The molecule has 0 aromatic carbocycles. The number of rotatable bonds is 15. The second-order valence-corrected chi connectivity index (χ2v) is 34.7. The molecule has 0 bridgehead atoms. The Morgan fingerprint density at radius 1 is 0.374 bits per heavy atom. The van der Waals surface area contributed by atoms with E-state index in [-0.39, 0.29) is 163 Å². The molecular weight excluding hydrogens is 1470 g/mol. The molecular formula is C80H135N25O10. The number of anilines is 5. The molecule has 17 atom stereocenters. The number of carbonyl (C=O) groups excluding carboxylic acids is 5. The number of aliphatic hydroxyl groups excluding tert-OH is 3. The third-order valence-corrected chi connectivity index (χ3v) is 17.9. The number of aromatic amines is 5. The van der Waals surface area contributed by atoms with Crippen LogP contribution in [0, 0.1) is 29.5 Å². The number of amides is 5. The van der Waals surface area contributed by atoms with Crippen molar-refractivity contribution in [2.45, 2.75) is 323 Å². The van der Waals surface area contributed by atoms with E-state index in [0.29, 0.717) is 56.8 Å². The van der Waals surface area contributed by atoms with Crippen molar-refractivity contribution in [3.63, 3.8) is 0 Å². The largest absolute Gasteiger partial charge is 0.393 e. The number of aliphatic hydroxyl groups is 5. The van der Waals surface area contributed by atoms with Gasteiger partial charge in [0.1, 0.15) is 27.4 Å². The van der Waals surface area contributed by atoms with E-state index in [1.165, 1.54) is 13.8 Å². The molecule has 10 rings (SSSR count). The predicted octanol–water partition coefficient (Wildman–Crippen LogP) is 5.85. The minimum absolute atomic E-state index is 0.0519. The maximum Gasteiger partial charge on any atom is 0.254 e. The summed E-state index contributed by atoms with van der Waals surface area (Å²) in [5.74, 6) is -6.20. The topological polar surface area (TPSA) is 582 Å². The maximum atomic E-state index is 11.8. The molecule has 0 aliphatic heterocycles. The third kappa shape index (κ3) is 31.9. The van der Waals surface area contributed by atoms with Gasteiger partial charge in [-0.05, 0) is 230 Å². The summed E-state index contributed by atoms with van der Waals surface area (Å²) in [6, 6.07) is -4.96. The summed E-state index contributed by atoms with van der Waals surface area (Å²) in [4.78, 5) is 115. The van der Waals surface area contributed by atoms with E-state index < -0.39 is 139 Å². The van der Waals surface area contributed by atoms with Gasteiger partial charge >= 0.3 is 0 Å². The number of nitrogens with two attached hydrogens (primary N) is 5. The van der Waals surface area contributed by atoms with Gasteiger partial charge in [0.15, 0.2) is 0 Å². The Hall–Kier alpha value is -9.45. The Balaban J connectivity index is 0.000000251. The van der Waals surface area contributed by atoms with Crippen LogP contribution in [0.25, 0.3) is 0 Å². The Bertz CT molecular complexity index is 5310. The molecule has 35 heteroatoms. The first kappa shape index (κ1) is 73.2. The zero-order chi connectivity index (χ0) is 99.4. The van der Waals surface area contributed by atoms with E-state index in [1.54, 1.807) is 6.92 Å². The molecule has 0 saturated heterocycles. The number of hydrogen-bond acceptors (Lipinski definition) is 25. The van der Waals surface area contributed by atoms with Crippen LogP contribution in [-0.4, -0.2) is 193 Å². The summed E-state index contributed by atoms with van der Waals surface area (Å²) in [6.45, 7) is 37.1. The van der Waals surface area contributed by atoms with E-state index in [0.717, 1.165) is 0 Å². The molecule has 640 valence electrons. The molecule has 17 unspecified atom stereocenters. The van der Waals surface area contributed by atoms with Gasteiger partial charge in [-0.25, -0.2) is 24.9 Å². The molecule has 35 nitrogen and oxygen atoms in total. The molecule has 5 fully saturated rings. The van der Waals surface area contributed by atoms with Gasteiger partial charge in [0.2, 0.25) is 29.7 Å². The van der Waals surface area contributed by atoms with Gasteiger partial charge in [0.25, 0.3) is 29.5 Å². The average Bonchev–Trinajstić information content (AvgIpc) is 0.755. The van der Waals surface area contributed by atoms with E-state index in [9.17, 15) is 49.5 Å². The molecule has 0 radical (unpaired) electrons. The van der Waals surface area contributed by atoms with Gasteiger partial charge < -0.3 is 106 Å². The highest BCUT2D eigenvalue weighted by Gasteiger charge is 2.32. The average molecular weight is 1620 g/mol. The van der Waals surface area contributed by atoms with Crippen LogP contribution < -0.4 is 82.7 Å². The quantitative estimate of drug-likeness (QED) is 0.0584. The van der Waals surface area contributed by atoms with Crippen LogP contribution in [0.4, 0.5) is 29.7 Å². The predicted molar refractivity (Wildman–Crippen MR) is 444 cm³/mol. The van der Waals surface area contributed by atoms with Crippen molar-refractivity contribution >= 4 is 59.3 Å². The van der Waals surface area contributed by atoms with Crippen molar-refractivity contribution in [3.8, 4) is 0 Å². The first-order valence-corrected chi connectivity index (χ1v) is 38.4. The van der Waals surface area contributed by atoms with Crippen molar-refractivity contribution in [1.82, 2.24) is 49.8 Å². The van der Waals surface area contributed by atoms with E-state index in [2.05, 4.69) is 101 Å². The molecule has 5 aliphatic rings. The number of aromatic nitrogens is 10. The van der Waals surface area contributed by atoms with Gasteiger partial charge in [-0.3, -0.25) is 48.9 Å². The van der Waals surface area contributed by atoms with Gasteiger partial charge in [0, 0.05) is 66.8 Å². The van der Waals surface area contributed by atoms with Gasteiger partial charge in [-0.2, -0.15) is 0 Å². The number of H-pyrrole nitrogens is 5. The van der Waals surface area contributed by atoms with Crippen molar-refractivity contribution in [2.75, 3.05) is 26.6 Å². The standard InChI is InChI=1S/5C16H27N5O2/c5*1-9-5-6-10(7-12(9)22)19-14-11(13(17)23)8-18-15(20-14)21-16(2,3)4/h5*8-10,12,22H,5-7H2,1-4H3,(H2,17,23)(H2,18,19,20,21)/i8D,9D,10D,12D;5D,6D,7D2,8D;8D,12D;8D,10D;8D,9D. The molecule has 5 aliphatic carbocycles. The van der Waals surface area contributed by atoms with E-state index in [4.69, 9.17) is 49.2 Å². The Kier molecular flexibility index (Phi) is 26.0. The summed E-state index contributed by atoms with van der Waals surface area (Å²) >= 11 is 0. The molecule has 25 N–H and O–H groups in total. The number of hydrogen-bond donors (Lipinski definition) is 20. The zero-order valence-corrected chi connectivity index (χ0v) is 70.0. The van der Waals surface area contributed by atoms with Crippen LogP contribution in [0.2, 0.25) is 0 Å². The van der Waals surface area contributed by atoms with Crippen molar-refractivity contribution in [3.05, 3.63) is 86.1 Å². The fourth-order valence-corrected chi connectivity index (χ4v) is 11.7. The molecule has 115 heavy (non-hydrogen) atoms. The number of carbonyl (C=O) groups is 5. The van der Waals surface area contributed by atoms with Gasteiger partial charge in [-0.15, -0.1) is 0 Å². The second kappa shape index (κ2) is 40.9. The lowest BCUT2D eigenvalue weighted by molar-refractivity contribution is 0.0702. The number of nitrogens with zero attached hydrogens (tertiary/aromatic N) is 10. The Morgan fingerprint density at radius 2 is 0.678 bits per heavy atom. The van der Waals surface area contributed by atoms with Crippen LogP contribution in [0.15, 0.2) is 55.8 Å². The zero-order valence-electron chi connectivity index (χ0n) is 85.0. The summed E-state index contributed by atoms with van der Waals surface area (Å²) in [5.41, 5.74) is 24.3. The van der Waals surface area contributed by atoms with Crippen LogP contribution in [0.1, 0.15) is 307 Å². The highest BCUT2D eigenvalue weighted by Crippen LogP contribution is 2.31. The van der Waals surface area contributed by atoms with Crippen molar-refractivity contribution in [1.29, 1.82) is 0 Å². The first-order valence-electron chi connectivity index (χ1n) is 46.1. The van der Waals surface area contributed by atoms with Crippen LogP contribution in [-0.2, 0) is 0 Å². The maximum absolute atomic E-state index is 11.8. The molecule has 5 aromatic rings. The SMILES string of the molecule is [2H]c1nc(NC(C)(C)C)[nH]c(=NC2([2H])CCC(C)C(O)C2)c1C(N)=O.[2H]c1nc(NC(C)(C)C)[nH]c(=NC2([2H])CCC([2H])(C)C([2H])(O)C2)c1C(N)=O.[2H]c1nc(NC(C)(C)C)[nH]c(=NC2C([2H])C([2H])C(C)C(O)C2([2H])[2H])c1C(N)=O.[2H]c1nc(NC(C)(C)C)[nH]c(=NC2CCC(C)C([2H])(O)C2)c1C(N)=O.[2H]c1nc(NC(C)(C)C)[nH]c(=NC2CCC([2H])(C)C(O)C2)c1C(N)=O. The van der Waals surface area contributed by atoms with Crippen LogP contribution in [0.3, 0.4) is 0 Å². The molecule has 0 spiro atoms. The van der Waals surface area contributed by atoms with Gasteiger partial charge in [-0.1, -0.05) is 34.6 Å². The highest BCUT2D eigenvalue weighted by atomic mass is 16.3. The third-order valence-electron chi connectivity index (χ3n) is 17.9. The fraction of sp³-hybridized carbons (Fsp3) is 0.688. The lowest BCUT2D eigenvalue weighted by atomic mass is 9.85. The fourth-order valence-electron chi connectivity index (χ4n) is 11.7. The number of nitrogens with one attached hydrogen (secondary N) is 10. The smallest absolute Gasteiger partial charge is 0.254 e. The lowest BCUT2D eigenvalue weighted by Crippen LogP contribution is -2.34. The minimum atomic E-state index is -2.31. The Labute approximate surface area is 696 Å². The molecule has 5 heterocycles. The monoisotopic (exact) mass is 1620 g/mol. The van der Waals surface area contributed by atoms with E-state index >= 15 is 0 Å². The molecule has 5 amide bonds. The highest BCUT2D eigenvalue weighted by molar-refractivity contribution is 5.94. The summed E-state index contributed by atoms with van der Waals surface area (Å²) in [7, 11) is 0. The van der Waals surface area contributed by atoms with Crippen molar-refractivity contribution in [2.24, 2.45) is 83.2 Å². The Morgan fingerprint density at radius 3 is 1.00 bits per heavy atom. The van der Waals surface area contributed by atoms with Crippen LogP contribution >= 0.6 is 0 Å². The first-order chi connectivity index (χ1) is 58.9. The lowest BCUT2D eigenvalue weighted by Gasteiger charge is -2.28. The van der Waals surface area contributed by atoms with Gasteiger partial charge in [0.05, 0.1) is 101 Å². The summed E-state index contributed by atoms with van der Waals surface area (Å²) in [6.07, 6.45) is -8.99. The van der Waals surface area contributed by atoms with Crippen LogP contribution in [0.5, 0.6) is 0 Å². The normalized spacial score (nSPS) is 33.6. The molecule has 5 saturated carbocycles. The minimum Gasteiger partial charge on any atom is -0.393 e. The van der Waals surface area contributed by atoms with E-state index in [1.807, 2.05) is 118 Å². The summed E-state index contributed by atoms with van der Waals surface area (Å²) < 4.78 is 122. The number of primary amides is 5. The molecule has 5 aromatic heterocycles. The van der Waals surface area contributed by atoms with Crippen molar-refractivity contribution < 1.29 is 70.1 Å². The summed E-state index contributed by atoms with van der Waals surface area (Å²) in [5, 5.41) is 66.3. The second-order valence-electron chi connectivity index (χ2n) is 34.7.